The van der Waals surface area contributed by atoms with Gasteiger partial charge in [0.25, 0.3) is 5.91 Å². The van der Waals surface area contributed by atoms with E-state index in [0.29, 0.717) is 6.42 Å². The van der Waals surface area contributed by atoms with Crippen molar-refractivity contribution in [3.05, 3.63) is 35.6 Å². The molecule has 1 heterocycles. The highest BCUT2D eigenvalue weighted by Crippen LogP contribution is 2.20. The number of rotatable bonds is 5. The van der Waals surface area contributed by atoms with Gasteiger partial charge in [0.1, 0.15) is 11.9 Å². The minimum Gasteiger partial charge on any atom is -0.386 e. The Bertz CT molecular complexity index is 521. The molecule has 2 N–H and O–H groups in total. The number of nitrogens with one attached hydrogen (secondary N) is 1. The van der Waals surface area contributed by atoms with E-state index in [1.54, 1.807) is 6.07 Å². The predicted octanol–water partition coefficient (Wildman–Crippen LogP) is 1.58. The molecule has 0 unspecified atom stereocenters. The summed E-state index contributed by atoms with van der Waals surface area (Å²) in [4.78, 5) is 24.6. The first-order valence-corrected chi connectivity index (χ1v) is 6.59. The first-order valence-electron chi connectivity index (χ1n) is 6.59. The number of imide groups is 1. The van der Waals surface area contributed by atoms with E-state index in [-0.39, 0.29) is 18.0 Å². The predicted molar refractivity (Wildman–Crippen MR) is 70.3 cm³/mol. The van der Waals surface area contributed by atoms with Crippen molar-refractivity contribution in [2.75, 3.05) is 6.54 Å². The third-order valence-electron chi connectivity index (χ3n) is 3.30. The van der Waals surface area contributed by atoms with Crippen LogP contribution in [0, 0.1) is 5.82 Å². The maximum atomic E-state index is 13.5. The lowest BCUT2D eigenvalue weighted by atomic mass is 10.1. The normalized spacial score (nSPS) is 20.1. The minimum atomic E-state index is -1.23. The summed E-state index contributed by atoms with van der Waals surface area (Å²) in [5, 5.41) is 12.6. The number of benzene rings is 1. The molecule has 1 aromatic rings. The monoisotopic (exact) mass is 280 g/mol. The van der Waals surface area contributed by atoms with Crippen LogP contribution in [0.15, 0.2) is 24.3 Å². The Morgan fingerprint density at radius 2 is 2.10 bits per heavy atom. The molecule has 0 aliphatic carbocycles. The Labute approximate surface area is 116 Å². The number of β-amino-alcohol motifs (C(OH)–C–C–N with tert-alkyl or cyclic N) is 1. The van der Waals surface area contributed by atoms with Crippen LogP contribution in [0.2, 0.25) is 0 Å². The SMILES string of the molecule is CCC[C@@H]1NC(=O)N(C[C@H](O)c2ccccc2F)C1=O. The van der Waals surface area contributed by atoms with Crippen molar-refractivity contribution < 1.29 is 19.1 Å². The van der Waals surface area contributed by atoms with Crippen molar-refractivity contribution >= 4 is 11.9 Å². The minimum absolute atomic E-state index is 0.0760. The lowest BCUT2D eigenvalue weighted by molar-refractivity contribution is -0.128. The second kappa shape index (κ2) is 6.00. The topological polar surface area (TPSA) is 69.6 Å². The van der Waals surface area contributed by atoms with Gasteiger partial charge in [0.05, 0.1) is 12.6 Å². The Morgan fingerprint density at radius 3 is 2.75 bits per heavy atom. The fraction of sp³-hybridized carbons (Fsp3) is 0.429. The highest BCUT2D eigenvalue weighted by atomic mass is 19.1. The zero-order chi connectivity index (χ0) is 14.7. The molecule has 1 aliphatic rings. The van der Waals surface area contributed by atoms with Gasteiger partial charge >= 0.3 is 6.03 Å². The molecule has 3 amide bonds. The zero-order valence-electron chi connectivity index (χ0n) is 11.2. The fourth-order valence-corrected chi connectivity index (χ4v) is 2.25. The summed E-state index contributed by atoms with van der Waals surface area (Å²) in [7, 11) is 0. The second-order valence-electron chi connectivity index (χ2n) is 4.78. The molecular formula is C14H17FN2O3. The van der Waals surface area contributed by atoms with E-state index in [1.165, 1.54) is 18.2 Å². The molecule has 2 atom stereocenters. The van der Waals surface area contributed by atoms with Crippen molar-refractivity contribution in [2.45, 2.75) is 31.9 Å². The van der Waals surface area contributed by atoms with E-state index in [0.717, 1.165) is 11.3 Å². The number of halogens is 1. The van der Waals surface area contributed by atoms with Gasteiger partial charge in [0, 0.05) is 5.56 Å². The van der Waals surface area contributed by atoms with Gasteiger partial charge in [-0.1, -0.05) is 31.5 Å². The van der Waals surface area contributed by atoms with E-state index in [4.69, 9.17) is 0 Å². The van der Waals surface area contributed by atoms with Gasteiger partial charge in [-0.3, -0.25) is 9.69 Å². The van der Waals surface area contributed by atoms with Crippen LogP contribution < -0.4 is 5.32 Å². The second-order valence-corrected chi connectivity index (χ2v) is 4.78. The highest BCUT2D eigenvalue weighted by Gasteiger charge is 2.38. The average molecular weight is 280 g/mol. The van der Waals surface area contributed by atoms with Gasteiger partial charge in [-0.2, -0.15) is 0 Å². The van der Waals surface area contributed by atoms with Crippen LogP contribution in [-0.2, 0) is 4.79 Å². The molecule has 0 aromatic heterocycles. The first-order chi connectivity index (χ1) is 9.54. The van der Waals surface area contributed by atoms with Crippen LogP contribution in [0.1, 0.15) is 31.4 Å². The van der Waals surface area contributed by atoms with Crippen LogP contribution in [-0.4, -0.2) is 34.5 Å². The van der Waals surface area contributed by atoms with Crippen LogP contribution in [0.25, 0.3) is 0 Å². The van der Waals surface area contributed by atoms with Crippen molar-refractivity contribution in [1.29, 1.82) is 0 Å². The van der Waals surface area contributed by atoms with Crippen LogP contribution in [0.4, 0.5) is 9.18 Å². The number of aliphatic hydroxyl groups excluding tert-OH is 1. The van der Waals surface area contributed by atoms with Gasteiger partial charge in [-0.25, -0.2) is 9.18 Å². The summed E-state index contributed by atoms with van der Waals surface area (Å²) in [6.45, 7) is 1.67. The summed E-state index contributed by atoms with van der Waals surface area (Å²) >= 11 is 0. The molecule has 5 nitrogen and oxygen atoms in total. The number of carbonyl (C=O) groups is 2. The largest absolute Gasteiger partial charge is 0.386 e. The standard InChI is InChI=1S/C14H17FN2O3/c1-2-5-11-13(19)17(14(20)16-11)8-12(18)9-6-3-4-7-10(9)15/h3-4,6-7,11-12,18H,2,5,8H2,1H3,(H,16,20)/t11-,12-/m0/s1. The molecule has 0 spiro atoms. The van der Waals surface area contributed by atoms with Crippen LogP contribution in [0.5, 0.6) is 0 Å². The molecule has 6 heteroatoms. The molecule has 0 radical (unpaired) electrons. The highest BCUT2D eigenvalue weighted by molar-refractivity contribution is 6.04. The third kappa shape index (κ3) is 2.80. The van der Waals surface area contributed by atoms with Gasteiger partial charge in [-0.05, 0) is 12.5 Å². The number of hydrogen-bond acceptors (Lipinski definition) is 3. The number of aliphatic hydroxyl groups is 1. The molecular weight excluding hydrogens is 263 g/mol. The Balaban J connectivity index is 2.08. The molecule has 0 saturated carbocycles. The molecule has 1 aliphatic heterocycles. The Kier molecular flexibility index (Phi) is 4.34. The fourth-order valence-electron chi connectivity index (χ4n) is 2.25. The van der Waals surface area contributed by atoms with Crippen molar-refractivity contribution in [1.82, 2.24) is 10.2 Å². The quantitative estimate of drug-likeness (QED) is 0.805. The number of carbonyl (C=O) groups excluding carboxylic acids is 2. The van der Waals surface area contributed by atoms with E-state index < -0.39 is 24.0 Å². The smallest absolute Gasteiger partial charge is 0.324 e. The summed E-state index contributed by atoms with van der Waals surface area (Å²) in [5.74, 6) is -0.926. The number of hydrogen-bond donors (Lipinski definition) is 2. The average Bonchev–Trinajstić information content (AvgIpc) is 2.67. The number of nitrogens with zero attached hydrogens (tertiary/aromatic N) is 1. The maximum absolute atomic E-state index is 13.5. The summed E-state index contributed by atoms with van der Waals surface area (Å²) < 4.78 is 13.5. The molecule has 108 valence electrons. The van der Waals surface area contributed by atoms with E-state index >= 15 is 0 Å². The summed E-state index contributed by atoms with van der Waals surface area (Å²) in [5.41, 5.74) is 0.0760. The summed E-state index contributed by atoms with van der Waals surface area (Å²) in [6, 6.07) is 4.68. The summed E-state index contributed by atoms with van der Waals surface area (Å²) in [6.07, 6.45) is 0.0864. The van der Waals surface area contributed by atoms with Crippen molar-refractivity contribution in [2.24, 2.45) is 0 Å². The van der Waals surface area contributed by atoms with Crippen LogP contribution >= 0.6 is 0 Å². The van der Waals surface area contributed by atoms with Gasteiger partial charge < -0.3 is 10.4 Å². The molecule has 1 fully saturated rings. The van der Waals surface area contributed by atoms with E-state index in [2.05, 4.69) is 5.32 Å². The molecule has 1 saturated heterocycles. The van der Waals surface area contributed by atoms with Gasteiger partial charge in [0.15, 0.2) is 0 Å². The molecule has 1 aromatic carbocycles. The van der Waals surface area contributed by atoms with E-state index in [1.807, 2.05) is 6.92 Å². The lowest BCUT2D eigenvalue weighted by Gasteiger charge is -2.18. The Hall–Kier alpha value is -1.95. The molecule has 0 bridgehead atoms. The van der Waals surface area contributed by atoms with E-state index in [9.17, 15) is 19.1 Å². The number of urea groups is 1. The van der Waals surface area contributed by atoms with Crippen molar-refractivity contribution in [3.63, 3.8) is 0 Å². The first kappa shape index (κ1) is 14.5. The molecule has 20 heavy (non-hydrogen) atoms. The Morgan fingerprint density at radius 1 is 1.40 bits per heavy atom. The number of amides is 3. The molecule has 2 rings (SSSR count). The van der Waals surface area contributed by atoms with Crippen LogP contribution in [0.3, 0.4) is 0 Å². The zero-order valence-corrected chi connectivity index (χ0v) is 11.2. The third-order valence-corrected chi connectivity index (χ3v) is 3.30. The van der Waals surface area contributed by atoms with Gasteiger partial charge in [-0.15, -0.1) is 0 Å². The maximum Gasteiger partial charge on any atom is 0.324 e. The lowest BCUT2D eigenvalue weighted by Crippen LogP contribution is -2.35. The van der Waals surface area contributed by atoms with Gasteiger partial charge in [0.2, 0.25) is 0 Å². The van der Waals surface area contributed by atoms with Crippen molar-refractivity contribution in [3.8, 4) is 0 Å².